The Morgan fingerprint density at radius 1 is 1.05 bits per heavy atom. The van der Waals surface area contributed by atoms with Crippen LogP contribution in [0, 0.1) is 5.92 Å². The maximum atomic E-state index is 12.6. The van der Waals surface area contributed by atoms with E-state index in [9.17, 15) is 9.59 Å². The molecule has 0 bridgehead atoms. The van der Waals surface area contributed by atoms with Crippen LogP contribution >= 0.6 is 0 Å². The first kappa shape index (κ1) is 29.0. The van der Waals surface area contributed by atoms with Crippen molar-refractivity contribution in [3.63, 3.8) is 0 Å². The van der Waals surface area contributed by atoms with Gasteiger partial charge in [-0.25, -0.2) is 9.59 Å². The Labute approximate surface area is 227 Å². The van der Waals surface area contributed by atoms with Gasteiger partial charge in [0, 0.05) is 23.4 Å². The van der Waals surface area contributed by atoms with Crippen molar-refractivity contribution in [1.82, 2.24) is 0 Å². The molecule has 4 N–H and O–H groups in total. The van der Waals surface area contributed by atoms with Crippen molar-refractivity contribution in [3.05, 3.63) is 77.9 Å². The highest BCUT2D eigenvalue weighted by atomic mass is 16.5. The summed E-state index contributed by atoms with van der Waals surface area (Å²) in [6, 6.07) is 12.6. The molecule has 0 saturated heterocycles. The van der Waals surface area contributed by atoms with Crippen LogP contribution in [0.4, 0.5) is 11.4 Å². The molecule has 1 saturated carbocycles. The van der Waals surface area contributed by atoms with E-state index in [1.54, 1.807) is 36.4 Å². The van der Waals surface area contributed by atoms with Gasteiger partial charge in [0.05, 0.1) is 12.2 Å². The van der Waals surface area contributed by atoms with Crippen LogP contribution in [0.3, 0.4) is 0 Å². The zero-order valence-corrected chi connectivity index (χ0v) is 22.6. The second-order valence-electron chi connectivity index (χ2n) is 10.3. The van der Waals surface area contributed by atoms with Crippen LogP contribution in [0.1, 0.15) is 92.1 Å². The van der Waals surface area contributed by atoms with Gasteiger partial charge in [0.2, 0.25) is 0 Å². The lowest BCUT2D eigenvalue weighted by Gasteiger charge is -2.28. The van der Waals surface area contributed by atoms with E-state index < -0.39 is 5.97 Å². The molecule has 6 nitrogen and oxygen atoms in total. The minimum atomic E-state index is -0.421. The van der Waals surface area contributed by atoms with E-state index in [1.807, 2.05) is 18.2 Å². The van der Waals surface area contributed by atoms with E-state index >= 15 is 0 Å². The van der Waals surface area contributed by atoms with Crippen molar-refractivity contribution in [2.24, 2.45) is 5.92 Å². The van der Waals surface area contributed by atoms with Crippen molar-refractivity contribution >= 4 is 29.4 Å². The summed E-state index contributed by atoms with van der Waals surface area (Å²) >= 11 is 0. The van der Waals surface area contributed by atoms with Crippen LogP contribution < -0.4 is 11.5 Å². The fourth-order valence-electron chi connectivity index (χ4n) is 4.97. The number of nitrogen functional groups attached to an aromatic ring is 2. The summed E-state index contributed by atoms with van der Waals surface area (Å²) < 4.78 is 11.3. The number of esters is 2. The topological polar surface area (TPSA) is 105 Å². The molecular weight excluding hydrogens is 476 g/mol. The molecule has 3 rings (SSSR count). The fraction of sp³-hybridized carbons (Fsp3) is 0.438. The van der Waals surface area contributed by atoms with Crippen molar-refractivity contribution in [1.29, 1.82) is 0 Å². The third-order valence-electron chi connectivity index (χ3n) is 7.21. The van der Waals surface area contributed by atoms with Crippen LogP contribution in [0.5, 0.6) is 0 Å². The van der Waals surface area contributed by atoms with Crippen LogP contribution in [0.25, 0.3) is 6.08 Å². The molecule has 1 aliphatic rings. The lowest BCUT2D eigenvalue weighted by atomic mass is 9.84. The lowest BCUT2D eigenvalue weighted by Crippen LogP contribution is -2.24. The highest BCUT2D eigenvalue weighted by Crippen LogP contribution is 2.30. The largest absolute Gasteiger partial charge is 0.462 e. The predicted molar refractivity (Wildman–Crippen MR) is 155 cm³/mol. The standard InChI is InChI=1S/C32H42N2O4/c1-3-5-7-23-11-16-30(17-12-23)38-32(36)25-14-9-24(10-15-25)13-18-31(35)37-22-26(8-6-4-2)27-19-28(33)21-29(34)20-27/h3,9-10,13-15,18-21,23,26,30H,1,4-8,11-12,16-17,22,33-34H2,2H3/b18-13+. The summed E-state index contributed by atoms with van der Waals surface area (Å²) in [7, 11) is 0. The van der Waals surface area contributed by atoms with Gasteiger partial charge in [-0.3, -0.25) is 0 Å². The normalized spacial score (nSPS) is 18.1. The van der Waals surface area contributed by atoms with E-state index in [1.165, 1.54) is 12.5 Å². The number of hydrogen-bond acceptors (Lipinski definition) is 6. The number of allylic oxidation sites excluding steroid dienone is 1. The van der Waals surface area contributed by atoms with Gasteiger partial charge in [-0.1, -0.05) is 38.0 Å². The molecule has 2 aromatic rings. The molecule has 0 heterocycles. The van der Waals surface area contributed by atoms with Gasteiger partial charge in [0.15, 0.2) is 0 Å². The lowest BCUT2D eigenvalue weighted by molar-refractivity contribution is -0.138. The average molecular weight is 519 g/mol. The quantitative estimate of drug-likeness (QED) is 0.127. The number of ether oxygens (including phenoxy) is 2. The third kappa shape index (κ3) is 9.40. The smallest absolute Gasteiger partial charge is 0.338 e. The van der Waals surface area contributed by atoms with E-state index in [0.29, 0.717) is 22.9 Å². The second-order valence-corrected chi connectivity index (χ2v) is 10.3. The number of unbranched alkanes of at least 4 members (excludes halogenated alkanes) is 1. The Bertz CT molecular complexity index is 1060. The Balaban J connectivity index is 1.48. The summed E-state index contributed by atoms with van der Waals surface area (Å²) in [6.45, 7) is 6.18. The third-order valence-corrected chi connectivity index (χ3v) is 7.21. The van der Waals surface area contributed by atoms with Crippen molar-refractivity contribution < 1.29 is 19.1 Å². The second kappa shape index (κ2) is 15.0. The molecule has 0 radical (unpaired) electrons. The Morgan fingerprint density at radius 3 is 2.37 bits per heavy atom. The summed E-state index contributed by atoms with van der Waals surface area (Å²) in [4.78, 5) is 25.0. The maximum absolute atomic E-state index is 12.6. The van der Waals surface area contributed by atoms with Crippen LogP contribution in [0.2, 0.25) is 0 Å². The van der Waals surface area contributed by atoms with Crippen molar-refractivity contribution in [2.75, 3.05) is 18.1 Å². The van der Waals surface area contributed by atoms with Gasteiger partial charge in [-0.15, -0.1) is 6.58 Å². The van der Waals surface area contributed by atoms with Gasteiger partial charge < -0.3 is 20.9 Å². The summed E-state index contributed by atoms with van der Waals surface area (Å²) in [6.07, 6.45) is 14.2. The summed E-state index contributed by atoms with van der Waals surface area (Å²) in [5.41, 5.74) is 15.4. The predicted octanol–water partition coefficient (Wildman–Crippen LogP) is 7.06. The van der Waals surface area contributed by atoms with Crippen LogP contribution in [-0.2, 0) is 14.3 Å². The zero-order chi connectivity index (χ0) is 27.3. The van der Waals surface area contributed by atoms with E-state index in [-0.39, 0.29) is 24.6 Å². The van der Waals surface area contributed by atoms with Crippen molar-refractivity contribution in [3.8, 4) is 0 Å². The highest BCUT2D eigenvalue weighted by Gasteiger charge is 2.24. The molecule has 204 valence electrons. The van der Waals surface area contributed by atoms with Gasteiger partial charge >= 0.3 is 11.9 Å². The number of hydrogen-bond donors (Lipinski definition) is 2. The minimum Gasteiger partial charge on any atom is -0.462 e. The number of anilines is 2. The first-order chi connectivity index (χ1) is 18.4. The summed E-state index contributed by atoms with van der Waals surface area (Å²) in [5, 5.41) is 0. The van der Waals surface area contributed by atoms with Crippen LogP contribution in [-0.4, -0.2) is 24.6 Å². The van der Waals surface area contributed by atoms with E-state index in [0.717, 1.165) is 62.5 Å². The molecule has 1 unspecified atom stereocenters. The van der Waals surface area contributed by atoms with Crippen LogP contribution in [0.15, 0.2) is 61.2 Å². The molecule has 1 aliphatic carbocycles. The SMILES string of the molecule is C=CCCC1CCC(OC(=O)c2ccc(/C=C/C(=O)OCC(CCCC)c3cc(N)cc(N)c3)cc2)CC1. The first-order valence-electron chi connectivity index (χ1n) is 13.8. The van der Waals surface area contributed by atoms with E-state index in [4.69, 9.17) is 20.9 Å². The Morgan fingerprint density at radius 2 is 1.74 bits per heavy atom. The molecule has 38 heavy (non-hydrogen) atoms. The Kier molecular flexibility index (Phi) is 11.5. The minimum absolute atomic E-state index is 0.0123. The molecule has 0 spiro atoms. The number of carbonyl (C=O) groups excluding carboxylic acids is 2. The molecular formula is C32H42N2O4. The molecule has 0 aliphatic heterocycles. The molecule has 1 fully saturated rings. The van der Waals surface area contributed by atoms with E-state index in [2.05, 4.69) is 13.5 Å². The zero-order valence-electron chi connectivity index (χ0n) is 22.6. The fourth-order valence-corrected chi connectivity index (χ4v) is 4.97. The van der Waals surface area contributed by atoms with Crippen molar-refractivity contribution in [2.45, 2.75) is 76.7 Å². The number of nitrogens with two attached hydrogens (primary N) is 2. The highest BCUT2D eigenvalue weighted by molar-refractivity contribution is 5.90. The monoisotopic (exact) mass is 518 g/mol. The van der Waals surface area contributed by atoms with Gasteiger partial charge in [-0.2, -0.15) is 0 Å². The number of carbonyl (C=O) groups is 2. The molecule has 0 amide bonds. The molecule has 0 aromatic heterocycles. The first-order valence-corrected chi connectivity index (χ1v) is 13.8. The summed E-state index contributed by atoms with van der Waals surface area (Å²) in [5.74, 6) is 0.0230. The van der Waals surface area contributed by atoms with Gasteiger partial charge in [-0.05, 0) is 98.4 Å². The molecule has 6 heteroatoms. The molecule has 1 atom stereocenters. The number of rotatable bonds is 13. The van der Waals surface area contributed by atoms with Gasteiger partial charge in [0.1, 0.15) is 6.10 Å². The molecule has 2 aromatic carbocycles. The maximum Gasteiger partial charge on any atom is 0.338 e. The number of benzene rings is 2. The Hall–Kier alpha value is -3.54. The van der Waals surface area contributed by atoms with Gasteiger partial charge in [0.25, 0.3) is 0 Å². The average Bonchev–Trinajstić information content (AvgIpc) is 2.91.